The lowest BCUT2D eigenvalue weighted by Gasteiger charge is -2.36. The topological polar surface area (TPSA) is 78.8 Å². The Morgan fingerprint density at radius 3 is 2.39 bits per heavy atom. The molecule has 1 fully saturated rings. The maximum atomic E-state index is 13.0. The standard InChI is InChI=1S/C21H20F3N3O3S/c1-14-4-2-5-15(12-14)18-19(28)26-20(25-18)8-10-27(11-9-20)31(29,30)17-7-3-6-16(13-17)21(22,23)24/h2-7,12-13H,8-11H2,1H3,(H,26,28). The third-order valence-corrected chi connectivity index (χ3v) is 7.42. The van der Waals surface area contributed by atoms with Crippen molar-refractivity contribution in [1.29, 1.82) is 0 Å². The number of aryl methyl sites for hydroxylation is 1. The molecule has 1 amide bonds. The summed E-state index contributed by atoms with van der Waals surface area (Å²) < 4.78 is 65.8. The van der Waals surface area contributed by atoms with Crippen LogP contribution in [0.1, 0.15) is 29.5 Å². The molecule has 1 N–H and O–H groups in total. The van der Waals surface area contributed by atoms with E-state index in [2.05, 4.69) is 10.3 Å². The third kappa shape index (κ3) is 4.09. The van der Waals surface area contributed by atoms with Gasteiger partial charge in [-0.25, -0.2) is 8.42 Å². The number of amides is 1. The van der Waals surface area contributed by atoms with Crippen molar-refractivity contribution in [3.05, 3.63) is 65.2 Å². The predicted molar refractivity (Wildman–Crippen MR) is 108 cm³/mol. The zero-order valence-corrected chi connectivity index (χ0v) is 17.4. The van der Waals surface area contributed by atoms with Crippen molar-refractivity contribution in [2.45, 2.75) is 36.5 Å². The van der Waals surface area contributed by atoms with Gasteiger partial charge >= 0.3 is 6.18 Å². The molecule has 0 aromatic heterocycles. The highest BCUT2D eigenvalue weighted by molar-refractivity contribution is 7.89. The van der Waals surface area contributed by atoms with Crippen LogP contribution in [-0.4, -0.2) is 43.1 Å². The van der Waals surface area contributed by atoms with E-state index in [4.69, 9.17) is 0 Å². The van der Waals surface area contributed by atoms with Gasteiger partial charge in [-0.1, -0.05) is 29.8 Å². The molecule has 1 saturated heterocycles. The van der Waals surface area contributed by atoms with E-state index in [1.165, 1.54) is 0 Å². The summed E-state index contributed by atoms with van der Waals surface area (Å²) in [5.41, 5.74) is 0.0513. The fourth-order valence-electron chi connectivity index (χ4n) is 3.87. The molecule has 164 valence electrons. The van der Waals surface area contributed by atoms with E-state index in [0.29, 0.717) is 17.3 Å². The van der Waals surface area contributed by atoms with Crippen LogP contribution in [0.2, 0.25) is 0 Å². The van der Waals surface area contributed by atoms with Crippen LogP contribution in [0.25, 0.3) is 0 Å². The Morgan fingerprint density at radius 2 is 1.74 bits per heavy atom. The van der Waals surface area contributed by atoms with Crippen molar-refractivity contribution in [1.82, 2.24) is 9.62 Å². The fraction of sp³-hybridized carbons (Fsp3) is 0.333. The first-order valence-electron chi connectivity index (χ1n) is 9.67. The number of aliphatic imine (C=N–C) groups is 1. The van der Waals surface area contributed by atoms with E-state index >= 15 is 0 Å². The lowest BCUT2D eigenvalue weighted by Crippen LogP contribution is -2.52. The summed E-state index contributed by atoms with van der Waals surface area (Å²) in [4.78, 5) is 16.7. The normalized spacial score (nSPS) is 19.4. The average molecular weight is 451 g/mol. The van der Waals surface area contributed by atoms with Gasteiger partial charge in [-0.05, 0) is 31.2 Å². The van der Waals surface area contributed by atoms with E-state index < -0.39 is 32.3 Å². The lowest BCUT2D eigenvalue weighted by molar-refractivity contribution is -0.137. The highest BCUT2D eigenvalue weighted by atomic mass is 32.2. The Balaban J connectivity index is 1.54. The van der Waals surface area contributed by atoms with Gasteiger partial charge in [0.2, 0.25) is 10.0 Å². The molecule has 2 aromatic rings. The van der Waals surface area contributed by atoms with E-state index in [-0.39, 0.29) is 31.8 Å². The SMILES string of the molecule is Cc1cccc(C2=NC3(CCN(S(=O)(=O)c4cccc(C(F)(F)F)c4)CC3)NC2=O)c1. The number of carbonyl (C=O) groups excluding carboxylic acids is 1. The molecular weight excluding hydrogens is 431 g/mol. The quantitative estimate of drug-likeness (QED) is 0.779. The maximum Gasteiger partial charge on any atom is 0.416 e. The number of alkyl halides is 3. The van der Waals surface area contributed by atoms with Gasteiger partial charge in [0.05, 0.1) is 10.5 Å². The minimum atomic E-state index is -4.63. The maximum absolute atomic E-state index is 13.0. The molecule has 1 spiro atoms. The number of carbonyl (C=O) groups is 1. The monoisotopic (exact) mass is 451 g/mol. The molecule has 0 radical (unpaired) electrons. The van der Waals surface area contributed by atoms with Gasteiger partial charge in [0.15, 0.2) is 0 Å². The van der Waals surface area contributed by atoms with E-state index in [1.54, 1.807) is 6.07 Å². The molecule has 0 bridgehead atoms. The summed E-state index contributed by atoms with van der Waals surface area (Å²) >= 11 is 0. The van der Waals surface area contributed by atoms with Crippen molar-refractivity contribution in [2.24, 2.45) is 4.99 Å². The van der Waals surface area contributed by atoms with Gasteiger partial charge in [0.1, 0.15) is 11.4 Å². The first-order valence-corrected chi connectivity index (χ1v) is 11.1. The highest BCUT2D eigenvalue weighted by Gasteiger charge is 2.44. The molecule has 10 heteroatoms. The Kier molecular flexibility index (Phi) is 5.17. The Labute approximate surface area is 177 Å². The number of nitrogens with zero attached hydrogens (tertiary/aromatic N) is 2. The van der Waals surface area contributed by atoms with Gasteiger partial charge in [-0.15, -0.1) is 0 Å². The second-order valence-corrected chi connectivity index (χ2v) is 9.68. The van der Waals surface area contributed by atoms with E-state index in [0.717, 1.165) is 28.1 Å². The Morgan fingerprint density at radius 1 is 1.06 bits per heavy atom. The number of rotatable bonds is 3. The molecule has 4 rings (SSSR count). The van der Waals surface area contributed by atoms with Crippen LogP contribution in [0, 0.1) is 6.92 Å². The Hall–Kier alpha value is -2.72. The summed E-state index contributed by atoms with van der Waals surface area (Å²) in [5, 5.41) is 2.87. The molecule has 2 aliphatic heterocycles. The second-order valence-electron chi connectivity index (χ2n) is 7.75. The number of sulfonamides is 1. The summed E-state index contributed by atoms with van der Waals surface area (Å²) in [6.07, 6.45) is -4.18. The summed E-state index contributed by atoms with van der Waals surface area (Å²) in [6.45, 7) is 1.97. The number of hydrogen-bond donors (Lipinski definition) is 1. The number of benzene rings is 2. The summed E-state index contributed by atoms with van der Waals surface area (Å²) in [5.74, 6) is -0.320. The van der Waals surface area contributed by atoms with Crippen molar-refractivity contribution in [2.75, 3.05) is 13.1 Å². The van der Waals surface area contributed by atoms with Crippen molar-refractivity contribution < 1.29 is 26.4 Å². The number of nitrogens with one attached hydrogen (secondary N) is 1. The van der Waals surface area contributed by atoms with Crippen LogP contribution in [0.15, 0.2) is 58.4 Å². The molecular formula is C21H20F3N3O3S. The minimum Gasteiger partial charge on any atom is -0.326 e. The summed E-state index contributed by atoms with van der Waals surface area (Å²) in [6, 6.07) is 11.1. The number of hydrogen-bond acceptors (Lipinski definition) is 4. The average Bonchev–Trinajstić information content (AvgIpc) is 3.03. The molecule has 0 unspecified atom stereocenters. The van der Waals surface area contributed by atoms with Gasteiger partial charge in [0, 0.05) is 31.5 Å². The van der Waals surface area contributed by atoms with E-state index in [1.807, 2.05) is 25.1 Å². The zero-order chi connectivity index (χ0) is 22.4. The first kappa shape index (κ1) is 21.5. The smallest absolute Gasteiger partial charge is 0.326 e. The minimum absolute atomic E-state index is 0.0312. The predicted octanol–water partition coefficient (Wildman–Crippen LogP) is 3.11. The van der Waals surface area contributed by atoms with Crippen molar-refractivity contribution in [3.63, 3.8) is 0 Å². The van der Waals surface area contributed by atoms with Gasteiger partial charge in [-0.2, -0.15) is 17.5 Å². The van der Waals surface area contributed by atoms with Gasteiger partial charge < -0.3 is 5.32 Å². The molecule has 0 saturated carbocycles. The molecule has 31 heavy (non-hydrogen) atoms. The molecule has 2 heterocycles. The fourth-order valence-corrected chi connectivity index (χ4v) is 5.35. The van der Waals surface area contributed by atoms with Crippen LogP contribution in [0.5, 0.6) is 0 Å². The molecule has 6 nitrogen and oxygen atoms in total. The van der Waals surface area contributed by atoms with Crippen LogP contribution < -0.4 is 5.32 Å². The van der Waals surface area contributed by atoms with Crippen LogP contribution in [0.3, 0.4) is 0 Å². The number of piperidine rings is 1. The second kappa shape index (κ2) is 7.45. The van der Waals surface area contributed by atoms with Crippen LogP contribution in [0.4, 0.5) is 13.2 Å². The van der Waals surface area contributed by atoms with Crippen molar-refractivity contribution in [3.8, 4) is 0 Å². The third-order valence-electron chi connectivity index (χ3n) is 5.53. The van der Waals surface area contributed by atoms with Crippen LogP contribution in [-0.2, 0) is 21.0 Å². The lowest BCUT2D eigenvalue weighted by atomic mass is 10.00. The largest absolute Gasteiger partial charge is 0.416 e. The summed E-state index contributed by atoms with van der Waals surface area (Å²) in [7, 11) is -4.10. The van der Waals surface area contributed by atoms with Crippen LogP contribution >= 0.6 is 0 Å². The molecule has 0 aliphatic carbocycles. The van der Waals surface area contributed by atoms with Gasteiger partial charge in [-0.3, -0.25) is 9.79 Å². The highest BCUT2D eigenvalue weighted by Crippen LogP contribution is 2.34. The van der Waals surface area contributed by atoms with E-state index in [9.17, 15) is 26.4 Å². The van der Waals surface area contributed by atoms with Crippen molar-refractivity contribution >= 4 is 21.6 Å². The zero-order valence-electron chi connectivity index (χ0n) is 16.6. The van der Waals surface area contributed by atoms with Gasteiger partial charge in [0.25, 0.3) is 5.91 Å². The molecule has 0 atom stereocenters. The number of halogens is 3. The molecule has 2 aliphatic rings. The first-order chi connectivity index (χ1) is 14.5. The Bertz CT molecular complexity index is 1170. The molecule has 2 aromatic carbocycles.